The van der Waals surface area contributed by atoms with Gasteiger partial charge in [0.25, 0.3) is 0 Å². The van der Waals surface area contributed by atoms with Crippen LogP contribution in [0.15, 0.2) is 18.2 Å². The van der Waals surface area contributed by atoms with Gasteiger partial charge in [-0.2, -0.15) is 13.2 Å². The van der Waals surface area contributed by atoms with E-state index in [1.807, 2.05) is 0 Å². The fourth-order valence-electron chi connectivity index (χ4n) is 3.15. The smallest absolute Gasteiger partial charge is 0.417 e. The molecule has 0 aliphatic rings. The molecule has 160 valence electrons. The zero-order valence-corrected chi connectivity index (χ0v) is 16.9. The molecule has 0 N–H and O–H groups in total. The van der Waals surface area contributed by atoms with Crippen molar-refractivity contribution in [3.8, 4) is 0 Å². The second kappa shape index (κ2) is 12.8. The van der Waals surface area contributed by atoms with E-state index in [4.69, 9.17) is 4.74 Å². The number of rotatable bonds is 13. The molecule has 28 heavy (non-hydrogen) atoms. The van der Waals surface area contributed by atoms with E-state index in [0.717, 1.165) is 31.4 Å². The van der Waals surface area contributed by atoms with Crippen molar-refractivity contribution in [1.82, 2.24) is 0 Å². The second-order valence-corrected chi connectivity index (χ2v) is 7.37. The maximum Gasteiger partial charge on any atom is 0.417 e. The summed E-state index contributed by atoms with van der Waals surface area (Å²) in [6.07, 6.45) is 7.16. The summed E-state index contributed by atoms with van der Waals surface area (Å²) in [6.45, 7) is 3.87. The van der Waals surface area contributed by atoms with Crippen molar-refractivity contribution in [2.24, 2.45) is 0 Å². The molecular weight excluding hydrogens is 372 g/mol. The summed E-state index contributed by atoms with van der Waals surface area (Å²) < 4.78 is 57.2. The summed E-state index contributed by atoms with van der Waals surface area (Å²) >= 11 is 0. The maximum atomic E-state index is 13.1. The van der Waals surface area contributed by atoms with Gasteiger partial charge in [-0.05, 0) is 38.0 Å². The normalized spacial score (nSPS) is 12.8. The van der Waals surface area contributed by atoms with Crippen LogP contribution in [0.2, 0.25) is 0 Å². The minimum absolute atomic E-state index is 0.323. The summed E-state index contributed by atoms with van der Waals surface area (Å²) in [5.41, 5.74) is -1.95. The molecule has 0 aliphatic heterocycles. The Morgan fingerprint density at radius 3 is 2.04 bits per heavy atom. The molecule has 0 aromatic heterocycles. The fourth-order valence-corrected chi connectivity index (χ4v) is 3.15. The molecule has 0 amide bonds. The third kappa shape index (κ3) is 9.56. The van der Waals surface area contributed by atoms with Gasteiger partial charge in [-0.1, -0.05) is 64.7 Å². The lowest BCUT2D eigenvalue weighted by Crippen LogP contribution is -2.19. The first-order valence-corrected chi connectivity index (χ1v) is 10.3. The molecule has 0 saturated carbocycles. The zero-order valence-electron chi connectivity index (χ0n) is 16.9. The van der Waals surface area contributed by atoms with Crippen molar-refractivity contribution < 1.29 is 27.1 Å². The molecule has 1 unspecified atom stereocenters. The standard InChI is InChI=1S/C22H32F4O2/c1-3-4-5-6-7-8-9-10-11-12-13-17(2)28-21(27)19-15-14-18(23)16-20(19)22(24,25)26/h14-17H,3-13H2,1-2H3. The predicted octanol–water partition coefficient (Wildman–Crippen LogP) is 7.70. The van der Waals surface area contributed by atoms with Gasteiger partial charge in [0.15, 0.2) is 0 Å². The molecule has 2 nitrogen and oxygen atoms in total. The molecule has 1 aromatic carbocycles. The van der Waals surface area contributed by atoms with Crippen LogP contribution in [0.5, 0.6) is 0 Å². The number of esters is 1. The molecule has 0 spiro atoms. The van der Waals surface area contributed by atoms with Crippen molar-refractivity contribution in [1.29, 1.82) is 0 Å². The Kier molecular flexibility index (Phi) is 11.2. The SMILES string of the molecule is CCCCCCCCCCCCC(C)OC(=O)c1ccc(F)cc1C(F)(F)F. The Bertz CT molecular complexity index is 584. The predicted molar refractivity (Wildman–Crippen MR) is 103 cm³/mol. The molecule has 6 heteroatoms. The van der Waals surface area contributed by atoms with Crippen LogP contribution in [0.3, 0.4) is 0 Å². The molecule has 0 heterocycles. The van der Waals surface area contributed by atoms with Crippen molar-refractivity contribution in [3.05, 3.63) is 35.1 Å². The second-order valence-electron chi connectivity index (χ2n) is 7.37. The van der Waals surface area contributed by atoms with Crippen molar-refractivity contribution in [2.75, 3.05) is 0 Å². The highest BCUT2D eigenvalue weighted by molar-refractivity contribution is 5.91. The van der Waals surface area contributed by atoms with Crippen molar-refractivity contribution in [3.63, 3.8) is 0 Å². The number of carbonyl (C=O) groups excluding carboxylic acids is 1. The van der Waals surface area contributed by atoms with Gasteiger partial charge >= 0.3 is 12.1 Å². The van der Waals surface area contributed by atoms with Crippen LogP contribution in [0.4, 0.5) is 17.6 Å². The number of alkyl halides is 3. The monoisotopic (exact) mass is 404 g/mol. The van der Waals surface area contributed by atoms with Crippen LogP contribution >= 0.6 is 0 Å². The summed E-state index contributed by atoms with van der Waals surface area (Å²) in [5, 5.41) is 0. The minimum Gasteiger partial charge on any atom is -0.459 e. The molecule has 0 bridgehead atoms. The molecule has 1 rings (SSSR count). The lowest BCUT2D eigenvalue weighted by molar-refractivity contribution is -0.138. The van der Waals surface area contributed by atoms with Gasteiger partial charge in [0.1, 0.15) is 5.82 Å². The van der Waals surface area contributed by atoms with Crippen LogP contribution in [-0.2, 0) is 10.9 Å². The molecule has 0 fully saturated rings. The number of ether oxygens (including phenoxy) is 1. The third-order valence-electron chi connectivity index (χ3n) is 4.78. The number of hydrogen-bond acceptors (Lipinski definition) is 2. The lowest BCUT2D eigenvalue weighted by atomic mass is 10.0. The maximum absolute atomic E-state index is 13.1. The Morgan fingerprint density at radius 1 is 0.964 bits per heavy atom. The Labute approximate surface area is 165 Å². The summed E-state index contributed by atoms with van der Waals surface area (Å²) in [6, 6.07) is 1.98. The van der Waals surface area contributed by atoms with Crippen LogP contribution < -0.4 is 0 Å². The van der Waals surface area contributed by atoms with Crippen molar-refractivity contribution in [2.45, 2.75) is 96.8 Å². The first-order chi connectivity index (χ1) is 13.3. The van der Waals surface area contributed by atoms with Crippen LogP contribution in [0.25, 0.3) is 0 Å². The van der Waals surface area contributed by atoms with E-state index in [0.29, 0.717) is 12.5 Å². The van der Waals surface area contributed by atoms with E-state index in [-0.39, 0.29) is 0 Å². The van der Waals surface area contributed by atoms with E-state index < -0.39 is 35.2 Å². The average Bonchev–Trinajstić information content (AvgIpc) is 2.62. The highest BCUT2D eigenvalue weighted by atomic mass is 19.4. The summed E-state index contributed by atoms with van der Waals surface area (Å²) in [7, 11) is 0. The lowest BCUT2D eigenvalue weighted by Gasteiger charge is -2.16. The topological polar surface area (TPSA) is 26.3 Å². The Hall–Kier alpha value is -1.59. The third-order valence-corrected chi connectivity index (χ3v) is 4.78. The number of unbranched alkanes of at least 4 members (excludes halogenated alkanes) is 9. The van der Waals surface area contributed by atoms with E-state index in [2.05, 4.69) is 6.92 Å². The van der Waals surface area contributed by atoms with Crippen LogP contribution in [0.1, 0.15) is 100 Å². The molecule has 0 aliphatic carbocycles. The van der Waals surface area contributed by atoms with E-state index in [9.17, 15) is 22.4 Å². The first-order valence-electron chi connectivity index (χ1n) is 10.3. The highest BCUT2D eigenvalue weighted by Crippen LogP contribution is 2.33. The van der Waals surface area contributed by atoms with Gasteiger partial charge in [-0.25, -0.2) is 9.18 Å². The quantitative estimate of drug-likeness (QED) is 0.191. The van der Waals surface area contributed by atoms with Crippen LogP contribution in [-0.4, -0.2) is 12.1 Å². The molecule has 1 atom stereocenters. The zero-order chi connectivity index (χ0) is 21.0. The Balaban J connectivity index is 2.29. The molecular formula is C22H32F4O2. The largest absolute Gasteiger partial charge is 0.459 e. The van der Waals surface area contributed by atoms with E-state index in [1.165, 1.54) is 44.9 Å². The van der Waals surface area contributed by atoms with Gasteiger partial charge in [-0.15, -0.1) is 0 Å². The summed E-state index contributed by atoms with van der Waals surface area (Å²) in [5.74, 6) is -2.10. The molecule has 0 radical (unpaired) electrons. The van der Waals surface area contributed by atoms with E-state index >= 15 is 0 Å². The highest BCUT2D eigenvalue weighted by Gasteiger charge is 2.36. The summed E-state index contributed by atoms with van der Waals surface area (Å²) in [4.78, 5) is 12.1. The average molecular weight is 404 g/mol. The minimum atomic E-state index is -4.81. The van der Waals surface area contributed by atoms with Gasteiger partial charge < -0.3 is 4.74 Å². The van der Waals surface area contributed by atoms with E-state index in [1.54, 1.807) is 6.92 Å². The Morgan fingerprint density at radius 2 is 1.50 bits per heavy atom. The number of benzene rings is 1. The van der Waals surface area contributed by atoms with Crippen LogP contribution in [0, 0.1) is 5.82 Å². The van der Waals surface area contributed by atoms with Gasteiger partial charge in [0.2, 0.25) is 0 Å². The first kappa shape index (κ1) is 24.4. The van der Waals surface area contributed by atoms with Gasteiger partial charge in [0, 0.05) is 0 Å². The number of hydrogen-bond donors (Lipinski definition) is 0. The molecule has 0 saturated heterocycles. The molecule has 1 aromatic rings. The van der Waals surface area contributed by atoms with Crippen molar-refractivity contribution >= 4 is 5.97 Å². The number of carbonyl (C=O) groups is 1. The van der Waals surface area contributed by atoms with Gasteiger partial charge in [-0.3, -0.25) is 0 Å². The van der Waals surface area contributed by atoms with Gasteiger partial charge in [0.05, 0.1) is 17.2 Å². The fraction of sp³-hybridized carbons (Fsp3) is 0.682. The number of halogens is 4.